The van der Waals surface area contributed by atoms with Crippen LogP contribution in [0.2, 0.25) is 0 Å². The standard InChI is InChI=1S/C15H14F2N2O4S/c1-9-8-24-15(22)19(9)5-4-14(21)23-7-13(20)18-12-3-2-10(16)6-11(12)17/h2-3,6,8H,4-5,7H2,1H3,(H,18,20). The molecule has 0 aliphatic carbocycles. The molecule has 0 aliphatic rings. The van der Waals surface area contributed by atoms with Crippen molar-refractivity contribution in [1.29, 1.82) is 0 Å². The first-order chi connectivity index (χ1) is 11.4. The van der Waals surface area contributed by atoms with E-state index in [1.807, 2.05) is 0 Å². The summed E-state index contributed by atoms with van der Waals surface area (Å²) in [6, 6.07) is 2.68. The molecule has 1 amide bonds. The van der Waals surface area contributed by atoms with Crippen molar-refractivity contribution >= 4 is 28.9 Å². The summed E-state index contributed by atoms with van der Waals surface area (Å²) < 4.78 is 32.3. The van der Waals surface area contributed by atoms with Crippen LogP contribution in [0.1, 0.15) is 12.1 Å². The van der Waals surface area contributed by atoms with E-state index in [1.165, 1.54) is 4.57 Å². The van der Waals surface area contributed by atoms with Crippen LogP contribution in [0.4, 0.5) is 14.5 Å². The number of aryl methyl sites for hydroxylation is 1. The highest BCUT2D eigenvalue weighted by Crippen LogP contribution is 2.14. The Morgan fingerprint density at radius 2 is 2.08 bits per heavy atom. The molecule has 0 atom stereocenters. The van der Waals surface area contributed by atoms with E-state index in [0.717, 1.165) is 29.2 Å². The molecule has 24 heavy (non-hydrogen) atoms. The smallest absolute Gasteiger partial charge is 0.308 e. The molecule has 0 aliphatic heterocycles. The van der Waals surface area contributed by atoms with Crippen molar-refractivity contribution < 1.29 is 23.1 Å². The Kier molecular flexibility index (Phi) is 5.80. The molecule has 0 spiro atoms. The van der Waals surface area contributed by atoms with Gasteiger partial charge in [0.25, 0.3) is 5.91 Å². The van der Waals surface area contributed by atoms with Crippen LogP contribution in [0.25, 0.3) is 0 Å². The van der Waals surface area contributed by atoms with Gasteiger partial charge in [-0.2, -0.15) is 0 Å². The third kappa shape index (κ3) is 4.72. The van der Waals surface area contributed by atoms with E-state index < -0.39 is 30.1 Å². The molecule has 0 saturated heterocycles. The number of anilines is 1. The predicted molar refractivity (Wildman–Crippen MR) is 83.9 cm³/mol. The highest BCUT2D eigenvalue weighted by molar-refractivity contribution is 7.07. The number of amides is 1. The Hall–Kier alpha value is -2.55. The van der Waals surface area contributed by atoms with E-state index in [9.17, 15) is 23.2 Å². The van der Waals surface area contributed by atoms with Gasteiger partial charge in [-0.1, -0.05) is 11.3 Å². The van der Waals surface area contributed by atoms with Crippen molar-refractivity contribution in [2.24, 2.45) is 0 Å². The first-order valence-corrected chi connectivity index (χ1v) is 7.80. The molecule has 1 heterocycles. The number of halogens is 2. The maximum atomic E-state index is 13.4. The van der Waals surface area contributed by atoms with Gasteiger partial charge in [-0.25, -0.2) is 8.78 Å². The van der Waals surface area contributed by atoms with E-state index in [4.69, 9.17) is 4.74 Å². The van der Waals surface area contributed by atoms with Crippen LogP contribution in [-0.4, -0.2) is 23.1 Å². The Balaban J connectivity index is 1.79. The van der Waals surface area contributed by atoms with E-state index in [1.54, 1.807) is 12.3 Å². The SMILES string of the molecule is Cc1csc(=O)n1CCC(=O)OCC(=O)Nc1ccc(F)cc1F. The average Bonchev–Trinajstić information content (AvgIpc) is 2.84. The number of aromatic nitrogens is 1. The summed E-state index contributed by atoms with van der Waals surface area (Å²) in [7, 11) is 0. The molecule has 1 aromatic heterocycles. The van der Waals surface area contributed by atoms with Gasteiger partial charge < -0.3 is 14.6 Å². The van der Waals surface area contributed by atoms with Gasteiger partial charge in [-0.05, 0) is 19.1 Å². The predicted octanol–water partition coefficient (Wildman–Crippen LogP) is 2.07. The molecule has 0 saturated carbocycles. The first kappa shape index (κ1) is 17.8. The summed E-state index contributed by atoms with van der Waals surface area (Å²) in [5.41, 5.74) is 0.528. The minimum Gasteiger partial charge on any atom is -0.456 e. The summed E-state index contributed by atoms with van der Waals surface area (Å²) in [5.74, 6) is -3.11. The molecule has 9 heteroatoms. The average molecular weight is 356 g/mol. The second kappa shape index (κ2) is 7.82. The zero-order valence-corrected chi connectivity index (χ0v) is 13.5. The molecule has 6 nitrogen and oxygen atoms in total. The molecule has 2 rings (SSSR count). The molecule has 128 valence electrons. The van der Waals surface area contributed by atoms with Gasteiger partial charge in [0.15, 0.2) is 6.61 Å². The van der Waals surface area contributed by atoms with Crippen molar-refractivity contribution in [3.05, 3.63) is 50.6 Å². The van der Waals surface area contributed by atoms with Crippen LogP contribution in [0, 0.1) is 18.6 Å². The largest absolute Gasteiger partial charge is 0.456 e. The molecule has 0 radical (unpaired) electrons. The number of nitrogens with zero attached hydrogens (tertiary/aromatic N) is 1. The Morgan fingerprint density at radius 3 is 2.71 bits per heavy atom. The molecule has 0 unspecified atom stereocenters. The highest BCUT2D eigenvalue weighted by atomic mass is 32.1. The lowest BCUT2D eigenvalue weighted by molar-refractivity contribution is -0.147. The minimum absolute atomic E-state index is 0.0737. The lowest BCUT2D eigenvalue weighted by atomic mass is 10.3. The normalized spacial score (nSPS) is 10.5. The zero-order valence-electron chi connectivity index (χ0n) is 12.7. The fourth-order valence-electron chi connectivity index (χ4n) is 1.87. The van der Waals surface area contributed by atoms with Gasteiger partial charge in [0.2, 0.25) is 0 Å². The maximum Gasteiger partial charge on any atom is 0.308 e. The third-order valence-electron chi connectivity index (χ3n) is 3.09. The van der Waals surface area contributed by atoms with E-state index in [-0.39, 0.29) is 23.5 Å². The fraction of sp³-hybridized carbons (Fsp3) is 0.267. The van der Waals surface area contributed by atoms with Crippen LogP contribution in [0.5, 0.6) is 0 Å². The summed E-state index contributed by atoms with van der Waals surface area (Å²) >= 11 is 1.03. The third-order valence-corrected chi connectivity index (χ3v) is 3.97. The van der Waals surface area contributed by atoms with Gasteiger partial charge >= 0.3 is 10.8 Å². The number of nitrogens with one attached hydrogen (secondary N) is 1. The second-order valence-electron chi connectivity index (χ2n) is 4.88. The lowest BCUT2D eigenvalue weighted by Crippen LogP contribution is -2.23. The first-order valence-electron chi connectivity index (χ1n) is 6.92. The number of hydrogen-bond acceptors (Lipinski definition) is 5. The topological polar surface area (TPSA) is 77.4 Å². The molecular formula is C15H14F2N2O4S. The molecule has 1 aromatic carbocycles. The van der Waals surface area contributed by atoms with Crippen LogP contribution in [-0.2, 0) is 20.9 Å². The van der Waals surface area contributed by atoms with Gasteiger partial charge in [0.05, 0.1) is 12.1 Å². The van der Waals surface area contributed by atoms with Gasteiger partial charge in [-0.3, -0.25) is 14.4 Å². The number of hydrogen-bond donors (Lipinski definition) is 1. The Bertz CT molecular complexity index is 816. The van der Waals surface area contributed by atoms with Crippen molar-refractivity contribution in [2.45, 2.75) is 19.9 Å². The van der Waals surface area contributed by atoms with Crippen molar-refractivity contribution in [3.63, 3.8) is 0 Å². The van der Waals surface area contributed by atoms with Crippen molar-refractivity contribution in [1.82, 2.24) is 4.57 Å². The van der Waals surface area contributed by atoms with E-state index in [2.05, 4.69) is 5.32 Å². The number of carbonyl (C=O) groups excluding carboxylic acids is 2. The van der Waals surface area contributed by atoms with Gasteiger partial charge in [0.1, 0.15) is 11.6 Å². The second-order valence-corrected chi connectivity index (χ2v) is 5.70. The number of thiazole rings is 1. The molecule has 0 bridgehead atoms. The van der Waals surface area contributed by atoms with Crippen molar-refractivity contribution in [3.8, 4) is 0 Å². The minimum atomic E-state index is -0.929. The van der Waals surface area contributed by atoms with Crippen LogP contribution in [0.3, 0.4) is 0 Å². The maximum absolute atomic E-state index is 13.4. The van der Waals surface area contributed by atoms with Gasteiger partial charge in [0, 0.05) is 23.7 Å². The highest BCUT2D eigenvalue weighted by Gasteiger charge is 2.12. The molecule has 0 fully saturated rings. The Labute approximate surface area is 139 Å². The quantitative estimate of drug-likeness (QED) is 0.804. The Morgan fingerprint density at radius 1 is 1.33 bits per heavy atom. The fourth-order valence-corrected chi connectivity index (χ4v) is 2.63. The zero-order chi connectivity index (χ0) is 17.7. The number of esters is 1. The van der Waals surface area contributed by atoms with E-state index >= 15 is 0 Å². The number of rotatable bonds is 6. The van der Waals surface area contributed by atoms with Crippen LogP contribution in [0.15, 0.2) is 28.4 Å². The van der Waals surface area contributed by atoms with Gasteiger partial charge in [-0.15, -0.1) is 0 Å². The molecular weight excluding hydrogens is 342 g/mol. The van der Waals surface area contributed by atoms with E-state index in [0.29, 0.717) is 6.07 Å². The van der Waals surface area contributed by atoms with Crippen molar-refractivity contribution in [2.75, 3.05) is 11.9 Å². The summed E-state index contributed by atoms with van der Waals surface area (Å²) in [4.78, 5) is 34.5. The summed E-state index contributed by atoms with van der Waals surface area (Å²) in [6.45, 7) is 1.29. The monoisotopic (exact) mass is 356 g/mol. The summed E-state index contributed by atoms with van der Waals surface area (Å²) in [5, 5.41) is 3.85. The summed E-state index contributed by atoms with van der Waals surface area (Å²) in [6.07, 6.45) is -0.0737. The lowest BCUT2D eigenvalue weighted by Gasteiger charge is -2.08. The molecule has 2 aromatic rings. The molecule has 1 N–H and O–H groups in total. The van der Waals surface area contributed by atoms with Crippen LogP contribution < -0.4 is 10.2 Å². The van der Waals surface area contributed by atoms with Crippen LogP contribution >= 0.6 is 11.3 Å². The number of ether oxygens (including phenoxy) is 1. The number of benzene rings is 1. The number of carbonyl (C=O) groups is 2.